The van der Waals surface area contributed by atoms with Crippen LogP contribution in [-0.4, -0.2) is 62.7 Å². The Balaban J connectivity index is 2.01. The van der Waals surface area contributed by atoms with E-state index in [4.69, 9.17) is 54.1 Å². The molecule has 0 aromatic heterocycles. The van der Waals surface area contributed by atoms with Crippen molar-refractivity contribution in [3.63, 3.8) is 0 Å². The van der Waals surface area contributed by atoms with Crippen LogP contribution in [-0.2, 0) is 14.2 Å². The zero-order valence-electron chi connectivity index (χ0n) is 8.37. The van der Waals surface area contributed by atoms with Crippen LogP contribution in [0, 0.1) is 0 Å². The van der Waals surface area contributed by atoms with Gasteiger partial charge < -0.3 is 29.5 Å². The number of alkyl halides is 3. The first kappa shape index (κ1) is 14.0. The third kappa shape index (κ3) is 2.65. The van der Waals surface area contributed by atoms with Gasteiger partial charge in [-0.05, 0) is 0 Å². The van der Waals surface area contributed by atoms with E-state index in [1.165, 1.54) is 0 Å². The highest BCUT2D eigenvalue weighted by Crippen LogP contribution is 2.42. The Kier molecular flexibility index (Phi) is 4.10. The second kappa shape index (κ2) is 4.96. The normalized spacial score (nSPS) is 43.8. The van der Waals surface area contributed by atoms with Gasteiger partial charge in [-0.2, -0.15) is 0 Å². The van der Waals surface area contributed by atoms with Crippen LogP contribution in [0.2, 0.25) is 0 Å². The number of aliphatic hydroxyl groups excluding tert-OH is 3. The minimum Gasteiger partial charge on any atom is -0.394 e. The van der Waals surface area contributed by atoms with Crippen molar-refractivity contribution < 1.29 is 29.5 Å². The summed E-state index contributed by atoms with van der Waals surface area (Å²) in [5.41, 5.74) is 0. The molecule has 0 bridgehead atoms. The molecule has 2 fully saturated rings. The number of rotatable bonds is 2. The van der Waals surface area contributed by atoms with Crippen molar-refractivity contribution in [2.75, 3.05) is 6.61 Å². The molecule has 100 valence electrons. The highest BCUT2D eigenvalue weighted by Gasteiger charge is 2.57. The van der Waals surface area contributed by atoms with Gasteiger partial charge in [0.05, 0.1) is 6.61 Å². The summed E-state index contributed by atoms with van der Waals surface area (Å²) in [6.07, 6.45) is -6.33. The van der Waals surface area contributed by atoms with E-state index in [1.54, 1.807) is 0 Å². The summed E-state index contributed by atoms with van der Waals surface area (Å²) in [5, 5.41) is 28.0. The fourth-order valence-electron chi connectivity index (χ4n) is 1.79. The Morgan fingerprint density at radius 1 is 1.18 bits per heavy atom. The molecule has 0 aromatic rings. The molecule has 2 rings (SSSR count). The number of hydrogen-bond acceptors (Lipinski definition) is 6. The van der Waals surface area contributed by atoms with Crippen LogP contribution in [0.4, 0.5) is 0 Å². The summed E-state index contributed by atoms with van der Waals surface area (Å²) in [6.45, 7) is -0.547. The molecule has 17 heavy (non-hydrogen) atoms. The van der Waals surface area contributed by atoms with Crippen molar-refractivity contribution in [1.82, 2.24) is 0 Å². The largest absolute Gasteiger partial charge is 0.394 e. The summed E-state index contributed by atoms with van der Waals surface area (Å²) in [4.78, 5) is 0. The van der Waals surface area contributed by atoms with Crippen molar-refractivity contribution in [2.24, 2.45) is 0 Å². The Hall–Kier alpha value is 0.630. The lowest BCUT2D eigenvalue weighted by Gasteiger charge is -2.24. The second-order valence-electron chi connectivity index (χ2n) is 3.82. The van der Waals surface area contributed by atoms with Gasteiger partial charge in [0.15, 0.2) is 6.29 Å². The van der Waals surface area contributed by atoms with Crippen molar-refractivity contribution in [2.45, 2.75) is 40.8 Å². The molecule has 2 aliphatic rings. The Bertz CT molecular complexity index is 285. The first-order valence-corrected chi connectivity index (χ1v) is 5.98. The topological polar surface area (TPSA) is 88.4 Å². The molecule has 2 heterocycles. The zero-order chi connectivity index (χ0) is 12.8. The van der Waals surface area contributed by atoms with E-state index in [2.05, 4.69) is 0 Å². The first-order chi connectivity index (χ1) is 7.84. The molecule has 0 unspecified atom stereocenters. The summed E-state index contributed by atoms with van der Waals surface area (Å²) in [5.74, 6) is 0. The monoisotopic (exact) mass is 308 g/mol. The van der Waals surface area contributed by atoms with Crippen LogP contribution in [0.5, 0.6) is 0 Å². The third-order valence-electron chi connectivity index (χ3n) is 2.60. The van der Waals surface area contributed by atoms with Crippen LogP contribution in [0.3, 0.4) is 0 Å². The van der Waals surface area contributed by atoms with Crippen LogP contribution in [0.1, 0.15) is 0 Å². The van der Waals surface area contributed by atoms with Gasteiger partial charge in [-0.25, -0.2) is 0 Å². The fraction of sp³-hybridized carbons (Fsp3) is 1.00. The highest BCUT2D eigenvalue weighted by molar-refractivity contribution is 6.67. The maximum absolute atomic E-state index is 9.81. The van der Waals surface area contributed by atoms with Crippen LogP contribution < -0.4 is 0 Å². The van der Waals surface area contributed by atoms with Gasteiger partial charge in [0.1, 0.15) is 24.4 Å². The molecule has 3 N–H and O–H groups in total. The minimum atomic E-state index is -1.79. The molecule has 6 nitrogen and oxygen atoms in total. The average molecular weight is 310 g/mol. The van der Waals surface area contributed by atoms with Gasteiger partial charge in [0.2, 0.25) is 10.1 Å². The molecule has 9 heteroatoms. The van der Waals surface area contributed by atoms with E-state index in [9.17, 15) is 10.2 Å². The van der Waals surface area contributed by atoms with Crippen LogP contribution in [0.15, 0.2) is 0 Å². The summed E-state index contributed by atoms with van der Waals surface area (Å²) in [6, 6.07) is 0. The predicted molar refractivity (Wildman–Crippen MR) is 57.8 cm³/mol. The molecular weight excluding hydrogens is 298 g/mol. The molecule has 6 atom stereocenters. The van der Waals surface area contributed by atoms with Gasteiger partial charge in [0.25, 0.3) is 0 Å². The maximum atomic E-state index is 9.81. The van der Waals surface area contributed by atoms with Gasteiger partial charge in [-0.15, -0.1) is 0 Å². The number of ether oxygens (including phenoxy) is 3. The number of halogens is 3. The Labute approximate surface area is 112 Å². The van der Waals surface area contributed by atoms with Gasteiger partial charge in [0, 0.05) is 0 Å². The summed E-state index contributed by atoms with van der Waals surface area (Å²) < 4.78 is 13.8. The lowest BCUT2D eigenvalue weighted by Crippen LogP contribution is -2.42. The molecule has 0 saturated carbocycles. The van der Waals surface area contributed by atoms with Gasteiger partial charge in [-0.1, -0.05) is 34.8 Å². The van der Waals surface area contributed by atoms with E-state index in [1.807, 2.05) is 0 Å². The molecular formula is C8H11Cl3O6. The molecule has 2 saturated heterocycles. The molecule has 0 aromatic carbocycles. The lowest BCUT2D eigenvalue weighted by molar-refractivity contribution is -0.188. The third-order valence-corrected chi connectivity index (χ3v) is 3.14. The van der Waals surface area contributed by atoms with E-state index >= 15 is 0 Å². The molecule has 0 amide bonds. The van der Waals surface area contributed by atoms with Gasteiger partial charge in [-0.3, -0.25) is 0 Å². The smallest absolute Gasteiger partial charge is 0.241 e. The van der Waals surface area contributed by atoms with Gasteiger partial charge >= 0.3 is 0 Å². The Morgan fingerprint density at radius 2 is 1.82 bits per heavy atom. The van der Waals surface area contributed by atoms with Crippen LogP contribution >= 0.6 is 34.8 Å². The van der Waals surface area contributed by atoms with Crippen molar-refractivity contribution >= 4 is 34.8 Å². The molecule has 0 radical (unpaired) electrons. The lowest BCUT2D eigenvalue weighted by atomic mass is 10.1. The van der Waals surface area contributed by atoms with Crippen molar-refractivity contribution in [3.05, 3.63) is 0 Å². The second-order valence-corrected chi connectivity index (χ2v) is 6.19. The highest BCUT2D eigenvalue weighted by atomic mass is 35.6. The molecule has 0 aliphatic carbocycles. The maximum Gasteiger partial charge on any atom is 0.241 e. The fourth-order valence-corrected chi connectivity index (χ4v) is 2.10. The zero-order valence-corrected chi connectivity index (χ0v) is 10.6. The van der Waals surface area contributed by atoms with E-state index in [0.717, 1.165) is 0 Å². The van der Waals surface area contributed by atoms with Crippen molar-refractivity contribution in [3.8, 4) is 0 Å². The number of fused-ring (bicyclic) bond motifs is 1. The average Bonchev–Trinajstić information content (AvgIpc) is 2.77. The van der Waals surface area contributed by atoms with E-state index < -0.39 is 47.4 Å². The molecule has 0 spiro atoms. The summed E-state index contributed by atoms with van der Waals surface area (Å²) in [7, 11) is 0. The Morgan fingerprint density at radius 3 is 2.29 bits per heavy atom. The number of hydrogen-bond donors (Lipinski definition) is 3. The van der Waals surface area contributed by atoms with E-state index in [-0.39, 0.29) is 0 Å². The molecule has 2 aliphatic heterocycles. The quantitative estimate of drug-likeness (QED) is 0.598. The number of aliphatic hydroxyl groups is 3. The standard InChI is InChI=1S/C8H11Cl3O6/c9-8(10,11)7-16-5-3(14)4(2(13)1-12)15-6(5)17-7/h2-7,12-14H,1H2/t2-,3-,4+,5-,6+,7+/m0/s1. The van der Waals surface area contributed by atoms with Crippen molar-refractivity contribution in [1.29, 1.82) is 0 Å². The SMILES string of the molecule is OC[C@H](O)[C@H]1O[C@@H]2O[C@H](C(Cl)(Cl)Cl)O[C@H]2[C@H]1O. The minimum absolute atomic E-state index is 0.547. The van der Waals surface area contributed by atoms with E-state index in [0.29, 0.717) is 0 Å². The summed E-state index contributed by atoms with van der Waals surface area (Å²) >= 11 is 16.7. The predicted octanol–water partition coefficient (Wildman–Crippen LogP) is -0.463. The van der Waals surface area contributed by atoms with Crippen LogP contribution in [0.25, 0.3) is 0 Å². The first-order valence-electron chi connectivity index (χ1n) is 4.84.